The van der Waals surface area contributed by atoms with Crippen molar-refractivity contribution in [1.29, 1.82) is 0 Å². The largest absolute Gasteiger partial charge is 0.508 e. The highest BCUT2D eigenvalue weighted by atomic mass is 16.5. The van der Waals surface area contributed by atoms with Gasteiger partial charge in [-0.3, -0.25) is 0 Å². The summed E-state index contributed by atoms with van der Waals surface area (Å²) < 4.78 is 5.27. The smallest absolute Gasteiger partial charge is 0.258 e. The summed E-state index contributed by atoms with van der Waals surface area (Å²) in [5.74, 6) is 1.61. The van der Waals surface area contributed by atoms with Crippen LogP contribution in [0.25, 0.3) is 22.8 Å². The molecule has 2 aromatic carbocycles. The number of aromatic nitrogens is 2. The molecule has 0 saturated heterocycles. The van der Waals surface area contributed by atoms with Crippen LogP contribution in [0, 0.1) is 0 Å². The van der Waals surface area contributed by atoms with E-state index in [9.17, 15) is 5.11 Å². The molecule has 0 saturated carbocycles. The molecule has 0 radical (unpaired) electrons. The first-order chi connectivity index (χ1) is 10.1. The molecule has 0 unspecified atom stereocenters. The van der Waals surface area contributed by atoms with Gasteiger partial charge in [-0.1, -0.05) is 49.3 Å². The van der Waals surface area contributed by atoms with Crippen molar-refractivity contribution in [3.05, 3.63) is 54.1 Å². The Kier molecular flexibility index (Phi) is 3.44. The maximum atomic E-state index is 9.49. The Morgan fingerprint density at radius 1 is 1.00 bits per heavy atom. The maximum Gasteiger partial charge on any atom is 0.258 e. The monoisotopic (exact) mass is 280 g/mol. The molecule has 0 atom stereocenters. The maximum absolute atomic E-state index is 9.49. The zero-order valence-electron chi connectivity index (χ0n) is 11.9. The second kappa shape index (κ2) is 5.40. The van der Waals surface area contributed by atoms with Gasteiger partial charge < -0.3 is 9.63 Å². The van der Waals surface area contributed by atoms with Gasteiger partial charge in [0.2, 0.25) is 5.82 Å². The number of benzene rings is 2. The number of hydrogen-bond donors (Lipinski definition) is 1. The van der Waals surface area contributed by atoms with Crippen molar-refractivity contribution in [2.24, 2.45) is 0 Å². The van der Waals surface area contributed by atoms with Crippen molar-refractivity contribution in [3.8, 4) is 28.6 Å². The minimum Gasteiger partial charge on any atom is -0.508 e. The highest BCUT2D eigenvalue weighted by Crippen LogP contribution is 2.25. The summed E-state index contributed by atoms with van der Waals surface area (Å²) in [5.41, 5.74) is 2.89. The summed E-state index contributed by atoms with van der Waals surface area (Å²) in [7, 11) is 0. The van der Waals surface area contributed by atoms with Gasteiger partial charge in [-0.05, 0) is 29.7 Å². The fourth-order valence-corrected chi connectivity index (χ4v) is 2.11. The Morgan fingerprint density at radius 3 is 2.43 bits per heavy atom. The molecule has 1 N–H and O–H groups in total. The molecule has 0 bridgehead atoms. The molecule has 4 heteroatoms. The van der Waals surface area contributed by atoms with Crippen molar-refractivity contribution in [2.75, 3.05) is 0 Å². The predicted molar refractivity (Wildman–Crippen MR) is 80.9 cm³/mol. The quantitative estimate of drug-likeness (QED) is 0.779. The topological polar surface area (TPSA) is 59.2 Å². The third-order valence-corrected chi connectivity index (χ3v) is 3.35. The van der Waals surface area contributed by atoms with Crippen LogP contribution < -0.4 is 0 Å². The van der Waals surface area contributed by atoms with Crippen LogP contribution in [0.1, 0.15) is 25.3 Å². The molecule has 0 spiro atoms. The molecule has 3 aromatic rings. The van der Waals surface area contributed by atoms with Crippen LogP contribution in [0.4, 0.5) is 0 Å². The van der Waals surface area contributed by atoms with E-state index in [2.05, 4.69) is 36.1 Å². The zero-order chi connectivity index (χ0) is 14.8. The van der Waals surface area contributed by atoms with Crippen molar-refractivity contribution in [1.82, 2.24) is 10.1 Å². The SMILES string of the molecule is CC(C)c1ccc(-c2noc(-c3cccc(O)c3)n2)cc1. The fourth-order valence-electron chi connectivity index (χ4n) is 2.11. The molecule has 1 heterocycles. The van der Waals surface area contributed by atoms with Gasteiger partial charge in [0.05, 0.1) is 0 Å². The van der Waals surface area contributed by atoms with Gasteiger partial charge in [0.25, 0.3) is 5.89 Å². The van der Waals surface area contributed by atoms with E-state index in [1.165, 1.54) is 5.56 Å². The van der Waals surface area contributed by atoms with E-state index in [0.717, 1.165) is 5.56 Å². The van der Waals surface area contributed by atoms with Gasteiger partial charge in [-0.25, -0.2) is 0 Å². The Bertz CT molecular complexity index is 745. The van der Waals surface area contributed by atoms with Crippen LogP contribution in [-0.2, 0) is 0 Å². The predicted octanol–water partition coefficient (Wildman–Crippen LogP) is 4.23. The number of nitrogens with zero attached hydrogens (tertiary/aromatic N) is 2. The highest BCUT2D eigenvalue weighted by Gasteiger charge is 2.11. The molecule has 0 aliphatic heterocycles. The van der Waals surface area contributed by atoms with E-state index in [-0.39, 0.29) is 5.75 Å². The van der Waals surface area contributed by atoms with Crippen molar-refractivity contribution >= 4 is 0 Å². The lowest BCUT2D eigenvalue weighted by Gasteiger charge is -2.04. The lowest BCUT2D eigenvalue weighted by molar-refractivity contribution is 0.431. The minimum atomic E-state index is 0.175. The number of rotatable bonds is 3. The number of phenolic OH excluding ortho intramolecular Hbond substituents is 1. The second-order valence-corrected chi connectivity index (χ2v) is 5.25. The Morgan fingerprint density at radius 2 is 1.76 bits per heavy atom. The molecule has 0 fully saturated rings. The van der Waals surface area contributed by atoms with Gasteiger partial charge in [-0.2, -0.15) is 4.98 Å². The summed E-state index contributed by atoms with van der Waals surface area (Å²) in [5, 5.41) is 13.5. The van der Waals surface area contributed by atoms with Crippen molar-refractivity contribution in [2.45, 2.75) is 19.8 Å². The molecule has 0 aliphatic rings. The van der Waals surface area contributed by atoms with E-state index >= 15 is 0 Å². The number of hydrogen-bond acceptors (Lipinski definition) is 4. The molecule has 106 valence electrons. The zero-order valence-corrected chi connectivity index (χ0v) is 11.9. The first kappa shape index (κ1) is 13.4. The van der Waals surface area contributed by atoms with E-state index in [0.29, 0.717) is 23.2 Å². The third-order valence-electron chi connectivity index (χ3n) is 3.35. The van der Waals surface area contributed by atoms with Gasteiger partial charge in [-0.15, -0.1) is 0 Å². The van der Waals surface area contributed by atoms with Crippen LogP contribution in [0.15, 0.2) is 53.1 Å². The average Bonchev–Trinajstić information content (AvgIpc) is 2.97. The Labute approximate surface area is 123 Å². The Balaban J connectivity index is 1.91. The molecule has 1 aromatic heterocycles. The summed E-state index contributed by atoms with van der Waals surface area (Å²) in [6.07, 6.45) is 0. The third kappa shape index (κ3) is 2.79. The summed E-state index contributed by atoms with van der Waals surface area (Å²) in [6.45, 7) is 4.31. The van der Waals surface area contributed by atoms with Crippen LogP contribution >= 0.6 is 0 Å². The van der Waals surface area contributed by atoms with Crippen LogP contribution in [-0.4, -0.2) is 15.2 Å². The molecular weight excluding hydrogens is 264 g/mol. The molecule has 4 nitrogen and oxygen atoms in total. The average molecular weight is 280 g/mol. The molecule has 0 aliphatic carbocycles. The number of phenols is 1. The van der Waals surface area contributed by atoms with Gasteiger partial charge >= 0.3 is 0 Å². The van der Waals surface area contributed by atoms with E-state index in [4.69, 9.17) is 4.52 Å². The van der Waals surface area contributed by atoms with Gasteiger partial charge in [0.1, 0.15) is 5.75 Å². The van der Waals surface area contributed by atoms with Crippen LogP contribution in [0.3, 0.4) is 0 Å². The van der Waals surface area contributed by atoms with Gasteiger partial charge in [0, 0.05) is 11.1 Å². The van der Waals surface area contributed by atoms with Crippen molar-refractivity contribution < 1.29 is 9.63 Å². The fraction of sp³-hybridized carbons (Fsp3) is 0.176. The second-order valence-electron chi connectivity index (χ2n) is 5.25. The lowest BCUT2D eigenvalue weighted by atomic mass is 10.0. The number of aromatic hydroxyl groups is 1. The first-order valence-corrected chi connectivity index (χ1v) is 6.87. The summed E-state index contributed by atoms with van der Waals surface area (Å²) in [4.78, 5) is 4.38. The molecular formula is C17H16N2O2. The Hall–Kier alpha value is -2.62. The highest BCUT2D eigenvalue weighted by molar-refractivity contribution is 5.61. The first-order valence-electron chi connectivity index (χ1n) is 6.87. The van der Waals surface area contributed by atoms with E-state index in [1.54, 1.807) is 18.2 Å². The molecule has 3 rings (SSSR count). The van der Waals surface area contributed by atoms with Crippen LogP contribution in [0.5, 0.6) is 5.75 Å². The summed E-state index contributed by atoms with van der Waals surface area (Å²) >= 11 is 0. The van der Waals surface area contributed by atoms with E-state index < -0.39 is 0 Å². The lowest BCUT2D eigenvalue weighted by Crippen LogP contribution is -1.87. The standard InChI is InChI=1S/C17H16N2O2/c1-11(2)12-6-8-13(9-7-12)16-18-17(21-19-16)14-4-3-5-15(20)10-14/h3-11,20H,1-2H3. The normalized spacial score (nSPS) is 11.0. The minimum absolute atomic E-state index is 0.175. The van der Waals surface area contributed by atoms with Crippen molar-refractivity contribution in [3.63, 3.8) is 0 Å². The van der Waals surface area contributed by atoms with Gasteiger partial charge in [0.15, 0.2) is 0 Å². The van der Waals surface area contributed by atoms with E-state index in [1.807, 2.05) is 18.2 Å². The molecule has 21 heavy (non-hydrogen) atoms. The summed E-state index contributed by atoms with van der Waals surface area (Å²) in [6, 6.07) is 14.9. The molecule has 0 amide bonds. The van der Waals surface area contributed by atoms with Crippen LogP contribution in [0.2, 0.25) is 0 Å².